The first kappa shape index (κ1) is 16.6. The predicted molar refractivity (Wildman–Crippen MR) is 65.4 cm³/mol. The van der Waals surface area contributed by atoms with Crippen LogP contribution >= 0.6 is 0 Å². The van der Waals surface area contributed by atoms with Crippen LogP contribution in [0, 0.1) is 6.08 Å². The summed E-state index contributed by atoms with van der Waals surface area (Å²) in [7, 11) is 1.53. The molecule has 0 aromatic carbocycles. The summed E-state index contributed by atoms with van der Waals surface area (Å²) in [6, 6.07) is -0.666. The number of imide groups is 1. The Morgan fingerprint density at radius 2 is 2.20 bits per heavy atom. The third-order valence-electron chi connectivity index (χ3n) is 3.03. The van der Waals surface area contributed by atoms with Gasteiger partial charge in [-0.1, -0.05) is 6.42 Å². The SMILES string of the molecule is COC1=[C-]C(C(=O)NC2CCC(=O)NC2=O)=CCC1.[W]. The second-order valence-electron chi connectivity index (χ2n) is 4.39. The third-order valence-corrected chi connectivity index (χ3v) is 3.03. The topological polar surface area (TPSA) is 84.5 Å². The van der Waals surface area contributed by atoms with Gasteiger partial charge in [0.15, 0.2) is 0 Å². The number of amides is 3. The summed E-state index contributed by atoms with van der Waals surface area (Å²) in [6.07, 6.45) is 6.59. The molecule has 3 amide bonds. The Labute approximate surface area is 131 Å². The molecule has 0 bridgehead atoms. The zero-order valence-electron chi connectivity index (χ0n) is 11.0. The van der Waals surface area contributed by atoms with Crippen LogP contribution in [-0.2, 0) is 40.2 Å². The summed E-state index contributed by atoms with van der Waals surface area (Å²) >= 11 is 0. The van der Waals surface area contributed by atoms with Crippen LogP contribution in [-0.4, -0.2) is 30.9 Å². The van der Waals surface area contributed by atoms with Crippen molar-refractivity contribution in [3.63, 3.8) is 0 Å². The van der Waals surface area contributed by atoms with Gasteiger partial charge in [-0.2, -0.15) is 6.08 Å². The normalized spacial score (nSPS) is 21.9. The van der Waals surface area contributed by atoms with Gasteiger partial charge >= 0.3 is 0 Å². The Kier molecular flexibility index (Phi) is 6.14. The average Bonchev–Trinajstić information content (AvgIpc) is 2.42. The fraction of sp³-hybridized carbons (Fsp3) is 0.462. The molecule has 108 valence electrons. The van der Waals surface area contributed by atoms with Crippen molar-refractivity contribution in [1.29, 1.82) is 0 Å². The molecule has 2 N–H and O–H groups in total. The zero-order valence-corrected chi connectivity index (χ0v) is 14.0. The van der Waals surface area contributed by atoms with Crippen LogP contribution in [0.5, 0.6) is 0 Å². The van der Waals surface area contributed by atoms with E-state index in [2.05, 4.69) is 16.7 Å². The molecule has 7 heteroatoms. The molecule has 1 atom stereocenters. The molecule has 0 spiro atoms. The van der Waals surface area contributed by atoms with Gasteiger partial charge in [0.2, 0.25) is 11.8 Å². The summed E-state index contributed by atoms with van der Waals surface area (Å²) in [4.78, 5) is 34.5. The minimum absolute atomic E-state index is 0. The minimum atomic E-state index is -0.666. The Morgan fingerprint density at radius 1 is 1.45 bits per heavy atom. The number of carbonyl (C=O) groups is 3. The van der Waals surface area contributed by atoms with E-state index in [1.165, 1.54) is 7.11 Å². The largest absolute Gasteiger partial charge is 0.514 e. The molecule has 1 aliphatic carbocycles. The monoisotopic (exact) mass is 447 g/mol. The average molecular weight is 447 g/mol. The summed E-state index contributed by atoms with van der Waals surface area (Å²) in [6.45, 7) is 0. The van der Waals surface area contributed by atoms with E-state index in [4.69, 9.17) is 4.74 Å². The van der Waals surface area contributed by atoms with Gasteiger partial charge in [-0.25, -0.2) is 0 Å². The van der Waals surface area contributed by atoms with Crippen molar-refractivity contribution < 1.29 is 40.2 Å². The molecule has 0 aromatic heterocycles. The Hall–Kier alpha value is -1.42. The van der Waals surface area contributed by atoms with Gasteiger partial charge in [0.25, 0.3) is 0 Å². The number of nitrogens with one attached hydrogen (secondary N) is 2. The third kappa shape index (κ3) is 4.03. The second kappa shape index (κ2) is 7.38. The van der Waals surface area contributed by atoms with Crippen LogP contribution in [0.2, 0.25) is 0 Å². The van der Waals surface area contributed by atoms with Crippen LogP contribution in [0.25, 0.3) is 0 Å². The van der Waals surface area contributed by atoms with E-state index in [1.54, 1.807) is 6.08 Å². The second-order valence-corrected chi connectivity index (χ2v) is 4.39. The van der Waals surface area contributed by atoms with Crippen molar-refractivity contribution in [2.45, 2.75) is 31.7 Å². The molecule has 1 saturated heterocycles. The number of allylic oxidation sites excluding steroid dienone is 2. The summed E-state index contributed by atoms with van der Waals surface area (Å²) in [5.41, 5.74) is 0.368. The molecule has 1 aliphatic heterocycles. The van der Waals surface area contributed by atoms with Gasteiger partial charge in [0, 0.05) is 33.2 Å². The zero-order chi connectivity index (χ0) is 13.8. The van der Waals surface area contributed by atoms with E-state index < -0.39 is 11.9 Å². The van der Waals surface area contributed by atoms with E-state index in [0.29, 0.717) is 30.6 Å². The first-order valence-corrected chi connectivity index (χ1v) is 6.11. The van der Waals surface area contributed by atoms with Crippen molar-refractivity contribution in [3.8, 4) is 0 Å². The molecule has 1 fully saturated rings. The molecule has 1 unspecified atom stereocenters. The molecule has 20 heavy (non-hydrogen) atoms. The summed E-state index contributed by atoms with van der Waals surface area (Å²) in [5.74, 6) is -0.517. The molecular weight excluding hydrogens is 432 g/mol. The predicted octanol–water partition coefficient (Wildman–Crippen LogP) is -0.0410. The number of rotatable bonds is 3. The molecule has 1 heterocycles. The van der Waals surface area contributed by atoms with E-state index >= 15 is 0 Å². The van der Waals surface area contributed by atoms with Gasteiger partial charge in [0.1, 0.15) is 5.91 Å². The van der Waals surface area contributed by atoms with Gasteiger partial charge in [-0.3, -0.25) is 14.9 Å². The van der Waals surface area contributed by atoms with Crippen LogP contribution < -0.4 is 10.6 Å². The summed E-state index contributed by atoms with van der Waals surface area (Å²) < 4.78 is 5.06. The molecule has 0 aromatic rings. The van der Waals surface area contributed by atoms with Gasteiger partial charge < -0.3 is 14.8 Å². The number of hydrogen-bond donors (Lipinski definition) is 2. The first-order valence-electron chi connectivity index (χ1n) is 6.11. The van der Waals surface area contributed by atoms with Crippen LogP contribution in [0.4, 0.5) is 0 Å². The number of piperidine rings is 1. The van der Waals surface area contributed by atoms with E-state index in [9.17, 15) is 14.4 Å². The quantitative estimate of drug-likeness (QED) is 0.470. The summed E-state index contributed by atoms with van der Waals surface area (Å²) in [5, 5.41) is 4.80. The molecule has 2 aliphatic rings. The molecule has 2 rings (SSSR count). The standard InChI is InChI=1S/C13H15N2O4.W/c1-19-9-4-2-3-8(7-9)12(17)14-10-5-6-11(16)15-13(10)18;/h3,10H,2,4-6H2,1H3,(H,14,17)(H,15,16,18);/q-1;. The van der Waals surface area contributed by atoms with Crippen molar-refractivity contribution in [3.05, 3.63) is 23.5 Å². The fourth-order valence-corrected chi connectivity index (χ4v) is 1.98. The van der Waals surface area contributed by atoms with Gasteiger partial charge in [0.05, 0.1) is 13.2 Å². The van der Waals surface area contributed by atoms with Crippen molar-refractivity contribution >= 4 is 17.7 Å². The van der Waals surface area contributed by atoms with Crippen LogP contribution in [0.1, 0.15) is 25.7 Å². The number of ether oxygens (including phenoxy) is 1. The van der Waals surface area contributed by atoms with Crippen LogP contribution in [0.15, 0.2) is 17.4 Å². The van der Waals surface area contributed by atoms with Gasteiger partial charge in [-0.15, -0.1) is 11.6 Å². The van der Waals surface area contributed by atoms with Crippen molar-refractivity contribution in [1.82, 2.24) is 10.6 Å². The molecule has 0 saturated carbocycles. The maximum Gasteiger partial charge on any atom is 0.248 e. The maximum atomic E-state index is 12.0. The van der Waals surface area contributed by atoms with E-state index in [0.717, 1.165) is 0 Å². The fourth-order valence-electron chi connectivity index (χ4n) is 1.98. The maximum absolute atomic E-state index is 12.0. The number of carbonyl (C=O) groups excluding carboxylic acids is 3. The number of methoxy groups -OCH3 is 1. The van der Waals surface area contributed by atoms with Crippen LogP contribution in [0.3, 0.4) is 0 Å². The number of hydrogen-bond acceptors (Lipinski definition) is 4. The van der Waals surface area contributed by atoms with E-state index in [1.807, 2.05) is 0 Å². The Morgan fingerprint density at radius 3 is 2.85 bits per heavy atom. The first-order chi connectivity index (χ1) is 9.10. The van der Waals surface area contributed by atoms with E-state index in [-0.39, 0.29) is 39.3 Å². The van der Waals surface area contributed by atoms with Crippen molar-refractivity contribution in [2.75, 3.05) is 7.11 Å². The van der Waals surface area contributed by atoms with Gasteiger partial charge in [-0.05, 0) is 12.8 Å². The van der Waals surface area contributed by atoms with Crippen molar-refractivity contribution in [2.24, 2.45) is 0 Å². The Balaban J connectivity index is 0.00000200. The Bertz CT molecular complexity index is 485. The molecular formula is C13H15N2O4W-. The molecule has 6 nitrogen and oxygen atoms in total. The minimum Gasteiger partial charge on any atom is -0.514 e. The molecule has 0 radical (unpaired) electrons. The smallest absolute Gasteiger partial charge is 0.248 e.